The first-order valence-electron chi connectivity index (χ1n) is 5.17. The Hall–Kier alpha value is -1.86. The van der Waals surface area contributed by atoms with Gasteiger partial charge in [-0.05, 0) is 18.2 Å². The number of rotatable bonds is 6. The van der Waals surface area contributed by atoms with Gasteiger partial charge in [0.1, 0.15) is 6.54 Å². The fourth-order valence-corrected chi connectivity index (χ4v) is 2.00. The number of amides is 2. The third-order valence-electron chi connectivity index (χ3n) is 1.85. The van der Waals surface area contributed by atoms with Crippen LogP contribution in [0.15, 0.2) is 18.2 Å². The van der Waals surface area contributed by atoms with E-state index in [-0.39, 0.29) is 6.54 Å². The van der Waals surface area contributed by atoms with Crippen molar-refractivity contribution in [2.45, 2.75) is 0 Å². The van der Waals surface area contributed by atoms with E-state index in [0.29, 0.717) is 4.34 Å². The van der Waals surface area contributed by atoms with Crippen molar-refractivity contribution >= 4 is 46.8 Å². The number of carbonyl (C=O) groups excluding carboxylic acids is 2. The average Bonchev–Trinajstić information content (AvgIpc) is 2.77. The van der Waals surface area contributed by atoms with Crippen LogP contribution < -0.4 is 10.6 Å². The summed E-state index contributed by atoms with van der Waals surface area (Å²) in [5.41, 5.74) is 0. The van der Waals surface area contributed by atoms with Crippen LogP contribution in [-0.2, 0) is 14.4 Å². The number of carboxylic acid groups (broad SMARTS) is 1. The van der Waals surface area contributed by atoms with Crippen molar-refractivity contribution in [3.63, 3.8) is 0 Å². The van der Waals surface area contributed by atoms with E-state index in [9.17, 15) is 14.4 Å². The van der Waals surface area contributed by atoms with Gasteiger partial charge >= 0.3 is 5.97 Å². The Balaban J connectivity index is 2.29. The summed E-state index contributed by atoms with van der Waals surface area (Å²) in [6.07, 6.45) is 2.84. The van der Waals surface area contributed by atoms with E-state index >= 15 is 0 Å². The van der Waals surface area contributed by atoms with Crippen molar-refractivity contribution in [3.05, 3.63) is 27.4 Å². The molecule has 0 saturated carbocycles. The van der Waals surface area contributed by atoms with Crippen LogP contribution in [0.3, 0.4) is 0 Å². The van der Waals surface area contributed by atoms with Crippen molar-refractivity contribution in [3.8, 4) is 0 Å². The van der Waals surface area contributed by atoms with Crippen LogP contribution in [0.4, 0.5) is 0 Å². The number of nitrogens with one attached hydrogen (secondary N) is 2. The van der Waals surface area contributed by atoms with E-state index < -0.39 is 24.3 Å². The zero-order valence-corrected chi connectivity index (χ0v) is 11.3. The van der Waals surface area contributed by atoms with Crippen molar-refractivity contribution in [2.24, 2.45) is 0 Å². The minimum atomic E-state index is -1.14. The second kappa shape index (κ2) is 7.55. The molecule has 3 N–H and O–H groups in total. The van der Waals surface area contributed by atoms with Gasteiger partial charge in [0.25, 0.3) is 0 Å². The van der Waals surface area contributed by atoms with Crippen molar-refractivity contribution in [2.75, 3.05) is 13.1 Å². The molecule has 0 fully saturated rings. The number of carbonyl (C=O) groups is 3. The van der Waals surface area contributed by atoms with Crippen molar-refractivity contribution < 1.29 is 19.5 Å². The highest BCUT2D eigenvalue weighted by Gasteiger charge is 2.04. The maximum absolute atomic E-state index is 11.3. The Kier molecular flexibility index (Phi) is 6.04. The molecular weight excluding hydrogens is 292 g/mol. The predicted octanol–water partition coefficient (Wildman–Crippen LogP) is 0.732. The van der Waals surface area contributed by atoms with Crippen LogP contribution >= 0.6 is 22.9 Å². The smallest absolute Gasteiger partial charge is 0.322 e. The molecule has 1 heterocycles. The average molecular weight is 303 g/mol. The number of carboxylic acids is 1. The molecule has 6 nitrogen and oxygen atoms in total. The third kappa shape index (κ3) is 6.58. The van der Waals surface area contributed by atoms with Gasteiger partial charge in [-0.1, -0.05) is 11.6 Å². The molecule has 8 heteroatoms. The summed E-state index contributed by atoms with van der Waals surface area (Å²) < 4.78 is 0.619. The van der Waals surface area contributed by atoms with E-state index in [1.54, 1.807) is 18.2 Å². The Bertz CT molecular complexity index is 513. The van der Waals surface area contributed by atoms with E-state index in [0.717, 1.165) is 4.88 Å². The molecule has 0 spiro atoms. The predicted molar refractivity (Wildman–Crippen MR) is 72.0 cm³/mol. The lowest BCUT2D eigenvalue weighted by molar-refractivity contribution is -0.137. The van der Waals surface area contributed by atoms with Gasteiger partial charge in [-0.3, -0.25) is 14.4 Å². The zero-order valence-electron chi connectivity index (χ0n) is 9.68. The molecule has 19 heavy (non-hydrogen) atoms. The quantitative estimate of drug-likeness (QED) is 0.675. The lowest BCUT2D eigenvalue weighted by Crippen LogP contribution is -2.38. The number of hydrogen-bond donors (Lipinski definition) is 3. The van der Waals surface area contributed by atoms with Gasteiger partial charge in [-0.25, -0.2) is 0 Å². The SMILES string of the molecule is O=C(O)CNC(=O)CNC(=O)/C=C/c1ccc(Cl)s1. The molecule has 0 unspecified atom stereocenters. The molecule has 0 bridgehead atoms. The monoisotopic (exact) mass is 302 g/mol. The summed E-state index contributed by atoms with van der Waals surface area (Å²) in [7, 11) is 0. The van der Waals surface area contributed by atoms with Gasteiger partial charge in [0.15, 0.2) is 0 Å². The van der Waals surface area contributed by atoms with E-state index in [1.165, 1.54) is 17.4 Å². The lowest BCUT2D eigenvalue weighted by Gasteiger charge is -2.02. The molecular formula is C11H11ClN2O4S. The molecule has 0 saturated heterocycles. The first-order chi connectivity index (χ1) is 8.97. The first-order valence-corrected chi connectivity index (χ1v) is 6.36. The maximum atomic E-state index is 11.3. The van der Waals surface area contributed by atoms with Gasteiger partial charge < -0.3 is 15.7 Å². The number of hydrogen-bond acceptors (Lipinski definition) is 4. The van der Waals surface area contributed by atoms with Crippen LogP contribution in [-0.4, -0.2) is 36.0 Å². The minimum absolute atomic E-state index is 0.276. The van der Waals surface area contributed by atoms with E-state index in [4.69, 9.17) is 16.7 Å². The molecule has 1 rings (SSSR count). The zero-order chi connectivity index (χ0) is 14.3. The number of aliphatic carboxylic acids is 1. The first kappa shape index (κ1) is 15.2. The van der Waals surface area contributed by atoms with E-state index in [2.05, 4.69) is 10.6 Å². The molecule has 0 aromatic carbocycles. The standard InChI is InChI=1S/C11H11ClN2O4S/c12-8-3-1-7(19-8)2-4-9(15)13-5-10(16)14-6-11(17)18/h1-4H,5-6H2,(H,13,15)(H,14,16)(H,17,18)/b4-2+. The van der Waals surface area contributed by atoms with E-state index in [1.807, 2.05) is 0 Å². The van der Waals surface area contributed by atoms with Crippen molar-refractivity contribution in [1.82, 2.24) is 10.6 Å². The van der Waals surface area contributed by atoms with Gasteiger partial charge in [-0.15, -0.1) is 11.3 Å². The van der Waals surface area contributed by atoms with Crippen LogP contribution in [0.5, 0.6) is 0 Å². The molecule has 0 radical (unpaired) electrons. The molecule has 0 aliphatic carbocycles. The van der Waals surface area contributed by atoms with Crippen LogP contribution in [0, 0.1) is 0 Å². The number of thiophene rings is 1. The Morgan fingerprint density at radius 2 is 2.00 bits per heavy atom. The number of halogens is 1. The van der Waals surface area contributed by atoms with Crippen LogP contribution in [0.2, 0.25) is 4.34 Å². The van der Waals surface area contributed by atoms with Gasteiger partial charge in [0.2, 0.25) is 11.8 Å². The van der Waals surface area contributed by atoms with Crippen molar-refractivity contribution in [1.29, 1.82) is 0 Å². The van der Waals surface area contributed by atoms with Gasteiger partial charge in [-0.2, -0.15) is 0 Å². The highest BCUT2D eigenvalue weighted by molar-refractivity contribution is 7.17. The second-order valence-electron chi connectivity index (χ2n) is 3.36. The fraction of sp³-hybridized carbons (Fsp3) is 0.182. The summed E-state index contributed by atoms with van der Waals surface area (Å²) in [6.45, 7) is -0.750. The summed E-state index contributed by atoms with van der Waals surface area (Å²) in [5.74, 6) is -2.16. The fourth-order valence-electron chi connectivity index (χ4n) is 1.04. The van der Waals surface area contributed by atoms with Crippen LogP contribution in [0.1, 0.15) is 4.88 Å². The minimum Gasteiger partial charge on any atom is -0.480 e. The molecule has 102 valence electrons. The molecule has 2 amide bonds. The van der Waals surface area contributed by atoms with Gasteiger partial charge in [0, 0.05) is 11.0 Å². The highest BCUT2D eigenvalue weighted by atomic mass is 35.5. The Labute approximate surface area is 118 Å². The highest BCUT2D eigenvalue weighted by Crippen LogP contribution is 2.22. The largest absolute Gasteiger partial charge is 0.480 e. The Morgan fingerprint density at radius 1 is 1.26 bits per heavy atom. The molecule has 1 aromatic rings. The molecule has 0 aliphatic rings. The maximum Gasteiger partial charge on any atom is 0.322 e. The van der Waals surface area contributed by atoms with Crippen LogP contribution in [0.25, 0.3) is 6.08 Å². The molecule has 0 aliphatic heterocycles. The third-order valence-corrected chi connectivity index (χ3v) is 3.05. The second-order valence-corrected chi connectivity index (χ2v) is 5.11. The normalized spacial score (nSPS) is 10.4. The Morgan fingerprint density at radius 3 is 2.58 bits per heavy atom. The topological polar surface area (TPSA) is 95.5 Å². The summed E-state index contributed by atoms with van der Waals surface area (Å²) in [6, 6.07) is 3.47. The summed E-state index contributed by atoms with van der Waals surface area (Å²) >= 11 is 7.04. The van der Waals surface area contributed by atoms with Gasteiger partial charge in [0.05, 0.1) is 10.9 Å². The molecule has 1 aromatic heterocycles. The molecule has 0 atom stereocenters. The summed E-state index contributed by atoms with van der Waals surface area (Å²) in [4.78, 5) is 33.4. The lowest BCUT2D eigenvalue weighted by atomic mass is 10.4. The summed E-state index contributed by atoms with van der Waals surface area (Å²) in [5, 5.41) is 12.8.